The lowest BCUT2D eigenvalue weighted by molar-refractivity contribution is 0.0953. The van der Waals surface area contributed by atoms with Crippen molar-refractivity contribution in [2.24, 2.45) is 0 Å². The van der Waals surface area contributed by atoms with Gasteiger partial charge in [0.25, 0.3) is 5.91 Å². The van der Waals surface area contributed by atoms with Crippen LogP contribution in [0.1, 0.15) is 35.7 Å². The molecule has 0 aliphatic carbocycles. The van der Waals surface area contributed by atoms with Crippen LogP contribution in [0.3, 0.4) is 0 Å². The second-order valence-corrected chi connectivity index (χ2v) is 6.47. The third-order valence-electron chi connectivity index (χ3n) is 4.22. The lowest BCUT2D eigenvalue weighted by Gasteiger charge is -2.09. The van der Waals surface area contributed by atoms with E-state index in [1.54, 1.807) is 6.33 Å². The number of rotatable bonds is 7. The molecule has 3 aromatic rings. The number of nitrogens with zero attached hydrogens (tertiary/aromatic N) is 2. The molecule has 0 spiro atoms. The quantitative estimate of drug-likeness (QED) is 0.598. The average molecular weight is 360 g/mol. The van der Waals surface area contributed by atoms with Crippen LogP contribution in [0.4, 0.5) is 11.5 Å². The molecule has 0 unspecified atom stereocenters. The number of carbonyl (C=O) groups is 1. The van der Waals surface area contributed by atoms with Crippen LogP contribution in [0.15, 0.2) is 60.9 Å². The van der Waals surface area contributed by atoms with Gasteiger partial charge in [0, 0.05) is 29.4 Å². The van der Waals surface area contributed by atoms with E-state index >= 15 is 0 Å². The molecule has 2 N–H and O–H groups in total. The van der Waals surface area contributed by atoms with Gasteiger partial charge in [-0.3, -0.25) is 4.79 Å². The first-order chi connectivity index (χ1) is 13.2. The fourth-order valence-electron chi connectivity index (χ4n) is 2.72. The van der Waals surface area contributed by atoms with Gasteiger partial charge in [0.05, 0.1) is 5.69 Å². The zero-order valence-electron chi connectivity index (χ0n) is 15.7. The molecule has 3 rings (SSSR count). The number of amides is 1. The third kappa shape index (κ3) is 5.14. The minimum Gasteiger partial charge on any atom is -0.352 e. The van der Waals surface area contributed by atoms with E-state index in [0.29, 0.717) is 17.9 Å². The number of nitrogens with one attached hydrogen (secondary N) is 2. The second-order valence-electron chi connectivity index (χ2n) is 6.47. The molecule has 5 nitrogen and oxygen atoms in total. The van der Waals surface area contributed by atoms with Gasteiger partial charge >= 0.3 is 0 Å². The van der Waals surface area contributed by atoms with Crippen LogP contribution >= 0.6 is 0 Å². The first-order valence-corrected chi connectivity index (χ1v) is 9.20. The molecule has 138 valence electrons. The van der Waals surface area contributed by atoms with Gasteiger partial charge in [-0.2, -0.15) is 0 Å². The zero-order valence-corrected chi connectivity index (χ0v) is 15.7. The molecule has 0 fully saturated rings. The summed E-state index contributed by atoms with van der Waals surface area (Å²) in [5.74, 6) is 0.667. The monoisotopic (exact) mass is 360 g/mol. The highest BCUT2D eigenvalue weighted by atomic mass is 16.1. The van der Waals surface area contributed by atoms with Crippen LogP contribution in [0.5, 0.6) is 0 Å². The van der Waals surface area contributed by atoms with Crippen molar-refractivity contribution in [1.29, 1.82) is 0 Å². The molecule has 1 aromatic heterocycles. The van der Waals surface area contributed by atoms with Crippen LogP contribution in [0.25, 0.3) is 11.3 Å². The molecule has 0 atom stereocenters. The fraction of sp³-hybridized carbons (Fsp3) is 0.227. The van der Waals surface area contributed by atoms with Crippen molar-refractivity contribution < 1.29 is 4.79 Å². The van der Waals surface area contributed by atoms with Crippen molar-refractivity contribution in [2.75, 3.05) is 11.9 Å². The molecule has 0 saturated heterocycles. The van der Waals surface area contributed by atoms with Gasteiger partial charge in [-0.25, -0.2) is 9.97 Å². The number of hydrogen-bond acceptors (Lipinski definition) is 4. The summed E-state index contributed by atoms with van der Waals surface area (Å²) in [7, 11) is 0. The molecule has 2 aromatic carbocycles. The second kappa shape index (κ2) is 8.94. The third-order valence-corrected chi connectivity index (χ3v) is 4.22. The van der Waals surface area contributed by atoms with Gasteiger partial charge in [0.2, 0.25) is 0 Å². The molecule has 0 radical (unpaired) electrons. The largest absolute Gasteiger partial charge is 0.352 e. The summed E-state index contributed by atoms with van der Waals surface area (Å²) in [4.78, 5) is 20.7. The summed E-state index contributed by atoms with van der Waals surface area (Å²) in [6.07, 6.45) is 3.60. The number of aromatic nitrogens is 2. The SMILES string of the molecule is CCCCNC(=O)c1ccc(Nc2cc(-c3cccc(C)c3)ncn2)cc1. The van der Waals surface area contributed by atoms with Gasteiger partial charge < -0.3 is 10.6 Å². The fourth-order valence-corrected chi connectivity index (χ4v) is 2.72. The number of unbranched alkanes of at least 4 members (excludes halogenated alkanes) is 1. The zero-order chi connectivity index (χ0) is 19.1. The lowest BCUT2D eigenvalue weighted by atomic mass is 10.1. The summed E-state index contributed by atoms with van der Waals surface area (Å²) in [6.45, 7) is 4.87. The van der Waals surface area contributed by atoms with E-state index in [4.69, 9.17) is 0 Å². The van der Waals surface area contributed by atoms with E-state index in [1.165, 1.54) is 5.56 Å². The minimum atomic E-state index is -0.0428. The van der Waals surface area contributed by atoms with Crippen molar-refractivity contribution >= 4 is 17.4 Å². The van der Waals surface area contributed by atoms with Crippen LogP contribution in [-0.2, 0) is 0 Å². The Kier molecular flexibility index (Phi) is 6.15. The molecule has 0 bridgehead atoms. The number of benzene rings is 2. The lowest BCUT2D eigenvalue weighted by Crippen LogP contribution is -2.24. The Morgan fingerprint density at radius 2 is 1.85 bits per heavy atom. The molecule has 27 heavy (non-hydrogen) atoms. The van der Waals surface area contributed by atoms with E-state index < -0.39 is 0 Å². The van der Waals surface area contributed by atoms with Crippen molar-refractivity contribution in [2.45, 2.75) is 26.7 Å². The van der Waals surface area contributed by atoms with Crippen LogP contribution < -0.4 is 10.6 Å². The van der Waals surface area contributed by atoms with Crippen molar-refractivity contribution in [1.82, 2.24) is 15.3 Å². The van der Waals surface area contributed by atoms with Gasteiger partial charge in [-0.05, 0) is 43.7 Å². The molecule has 0 aliphatic rings. The number of carbonyl (C=O) groups excluding carboxylic acids is 1. The minimum absolute atomic E-state index is 0.0428. The summed E-state index contributed by atoms with van der Waals surface area (Å²) in [6, 6.07) is 17.5. The maximum absolute atomic E-state index is 12.1. The molecular weight excluding hydrogens is 336 g/mol. The van der Waals surface area contributed by atoms with Crippen LogP contribution in [0.2, 0.25) is 0 Å². The predicted octanol–water partition coefficient (Wildman–Crippen LogP) is 4.73. The molecule has 1 amide bonds. The maximum atomic E-state index is 12.1. The van der Waals surface area contributed by atoms with Crippen molar-refractivity contribution in [3.05, 3.63) is 72.1 Å². The Hall–Kier alpha value is -3.21. The average Bonchev–Trinajstić information content (AvgIpc) is 2.69. The molecule has 5 heteroatoms. The Balaban J connectivity index is 1.69. The molecule has 0 aliphatic heterocycles. The Labute approximate surface area is 159 Å². The van der Waals surface area contributed by atoms with Gasteiger partial charge in [-0.1, -0.05) is 37.1 Å². The maximum Gasteiger partial charge on any atom is 0.251 e. The van der Waals surface area contributed by atoms with Crippen molar-refractivity contribution in [3.63, 3.8) is 0 Å². The first-order valence-electron chi connectivity index (χ1n) is 9.20. The highest BCUT2D eigenvalue weighted by molar-refractivity contribution is 5.94. The van der Waals surface area contributed by atoms with E-state index in [9.17, 15) is 4.79 Å². The highest BCUT2D eigenvalue weighted by Gasteiger charge is 2.06. The standard InChI is InChI=1S/C22H24N4O/c1-3-4-12-23-22(27)17-8-10-19(11-9-17)26-21-14-20(24-15-25-21)18-7-5-6-16(2)13-18/h5-11,13-15H,3-4,12H2,1-2H3,(H,23,27)(H,24,25,26). The summed E-state index contributed by atoms with van der Waals surface area (Å²) < 4.78 is 0. The molecule has 0 saturated carbocycles. The first kappa shape index (κ1) is 18.6. The van der Waals surface area contributed by atoms with Gasteiger partial charge in [0.15, 0.2) is 0 Å². The van der Waals surface area contributed by atoms with Gasteiger partial charge in [0.1, 0.15) is 12.1 Å². The molecular formula is C22H24N4O. The van der Waals surface area contributed by atoms with Crippen molar-refractivity contribution in [3.8, 4) is 11.3 Å². The normalized spacial score (nSPS) is 10.4. The van der Waals surface area contributed by atoms with Gasteiger partial charge in [-0.15, -0.1) is 0 Å². The molecule has 1 heterocycles. The summed E-state index contributed by atoms with van der Waals surface area (Å²) in [5.41, 5.74) is 4.63. The Bertz CT molecular complexity index is 906. The van der Waals surface area contributed by atoms with E-state index in [2.05, 4.69) is 46.6 Å². The van der Waals surface area contributed by atoms with Crippen LogP contribution in [0, 0.1) is 6.92 Å². The van der Waals surface area contributed by atoms with Crippen LogP contribution in [-0.4, -0.2) is 22.4 Å². The van der Waals surface area contributed by atoms with E-state index in [0.717, 1.165) is 29.8 Å². The smallest absolute Gasteiger partial charge is 0.251 e. The number of hydrogen-bond donors (Lipinski definition) is 2. The number of anilines is 2. The Morgan fingerprint density at radius 3 is 2.59 bits per heavy atom. The number of aryl methyl sites for hydroxylation is 1. The predicted molar refractivity (Wildman–Crippen MR) is 109 cm³/mol. The highest BCUT2D eigenvalue weighted by Crippen LogP contribution is 2.22. The Morgan fingerprint density at radius 1 is 1.04 bits per heavy atom. The summed E-state index contributed by atoms with van der Waals surface area (Å²) >= 11 is 0. The topological polar surface area (TPSA) is 66.9 Å². The summed E-state index contributed by atoms with van der Waals surface area (Å²) in [5, 5.41) is 6.18. The van der Waals surface area contributed by atoms with E-state index in [-0.39, 0.29) is 5.91 Å². The van der Waals surface area contributed by atoms with E-state index in [1.807, 2.05) is 42.5 Å².